The highest BCUT2D eigenvalue weighted by Gasteiger charge is 2.16. The predicted octanol–water partition coefficient (Wildman–Crippen LogP) is 1.77. The molecule has 0 atom stereocenters. The molecule has 1 N–H and O–H groups in total. The molecule has 17 heavy (non-hydrogen) atoms. The van der Waals surface area contributed by atoms with E-state index in [1.54, 1.807) is 21.0 Å². The van der Waals surface area contributed by atoms with Gasteiger partial charge in [0.1, 0.15) is 5.75 Å². The first-order chi connectivity index (χ1) is 7.96. The molecule has 0 unspecified atom stereocenters. The van der Waals surface area contributed by atoms with Gasteiger partial charge in [-0.25, -0.2) is 0 Å². The van der Waals surface area contributed by atoms with E-state index in [1.165, 1.54) is 0 Å². The van der Waals surface area contributed by atoms with Crippen molar-refractivity contribution in [1.29, 1.82) is 0 Å². The molecule has 1 aromatic carbocycles. The van der Waals surface area contributed by atoms with Gasteiger partial charge in [-0.3, -0.25) is 4.79 Å². The lowest BCUT2D eigenvalue weighted by atomic mass is 10.1. The van der Waals surface area contributed by atoms with Crippen LogP contribution in [0.1, 0.15) is 19.4 Å². The maximum absolute atomic E-state index is 11.7. The summed E-state index contributed by atoms with van der Waals surface area (Å²) < 4.78 is 5.05. The van der Waals surface area contributed by atoms with Crippen LogP contribution in [0.3, 0.4) is 0 Å². The Morgan fingerprint density at radius 1 is 1.41 bits per heavy atom. The van der Waals surface area contributed by atoms with Gasteiger partial charge in [0.25, 0.3) is 0 Å². The number of carbonyl (C=O) groups excluding carboxylic acids is 1. The Hall–Kier alpha value is -1.95. The number of carbonyl (C=O) groups is 1. The first-order valence-corrected chi connectivity index (χ1v) is 5.38. The monoisotopic (exact) mass is 231 g/mol. The first kappa shape index (κ1) is 13.1. The molecule has 90 valence electrons. The summed E-state index contributed by atoms with van der Waals surface area (Å²) in [7, 11) is 1.61. The van der Waals surface area contributed by atoms with E-state index in [0.717, 1.165) is 11.3 Å². The third-order valence-electron chi connectivity index (χ3n) is 2.34. The molecule has 0 bridgehead atoms. The number of nitrogens with one attached hydrogen (secondary N) is 1. The Balaban J connectivity index is 2.60. The number of hydrogen-bond donors (Lipinski definition) is 1. The van der Waals surface area contributed by atoms with Crippen LogP contribution in [0, 0.1) is 12.3 Å². The average Bonchev–Trinajstić information content (AvgIpc) is 2.29. The Kier molecular flexibility index (Phi) is 4.17. The largest absolute Gasteiger partial charge is 0.497 e. The molecule has 0 radical (unpaired) electrons. The molecule has 0 spiro atoms. The minimum absolute atomic E-state index is 0.0851. The van der Waals surface area contributed by atoms with E-state index < -0.39 is 5.54 Å². The molecule has 1 amide bonds. The summed E-state index contributed by atoms with van der Waals surface area (Å²) in [6.45, 7) is 3.58. The second-order valence-corrected chi connectivity index (χ2v) is 4.34. The molecular formula is C14H17NO2. The molecular weight excluding hydrogens is 214 g/mol. The first-order valence-electron chi connectivity index (χ1n) is 5.38. The molecule has 0 aromatic heterocycles. The summed E-state index contributed by atoms with van der Waals surface area (Å²) in [5, 5.41) is 2.78. The molecule has 0 aliphatic rings. The molecule has 0 aliphatic carbocycles. The lowest BCUT2D eigenvalue weighted by Crippen LogP contribution is -2.42. The summed E-state index contributed by atoms with van der Waals surface area (Å²) in [5.41, 5.74) is 0.319. The average molecular weight is 231 g/mol. The second-order valence-electron chi connectivity index (χ2n) is 4.34. The van der Waals surface area contributed by atoms with Gasteiger partial charge in [-0.05, 0) is 31.5 Å². The quantitative estimate of drug-likeness (QED) is 0.802. The third kappa shape index (κ3) is 4.20. The van der Waals surface area contributed by atoms with Gasteiger partial charge in [-0.2, -0.15) is 0 Å². The summed E-state index contributed by atoms with van der Waals surface area (Å²) in [5.74, 6) is 3.22. The van der Waals surface area contributed by atoms with Crippen LogP contribution in [0.2, 0.25) is 0 Å². The number of benzene rings is 1. The highest BCUT2D eigenvalue weighted by atomic mass is 16.5. The molecule has 3 nitrogen and oxygen atoms in total. The zero-order valence-electron chi connectivity index (χ0n) is 10.4. The van der Waals surface area contributed by atoms with E-state index in [2.05, 4.69) is 11.2 Å². The Morgan fingerprint density at radius 2 is 2.00 bits per heavy atom. The van der Waals surface area contributed by atoms with E-state index in [-0.39, 0.29) is 5.91 Å². The van der Waals surface area contributed by atoms with Gasteiger partial charge in [0.15, 0.2) is 0 Å². The Morgan fingerprint density at radius 3 is 2.47 bits per heavy atom. The number of amides is 1. The van der Waals surface area contributed by atoms with Crippen molar-refractivity contribution >= 4 is 5.91 Å². The van der Waals surface area contributed by atoms with Crippen molar-refractivity contribution in [2.45, 2.75) is 25.8 Å². The van der Waals surface area contributed by atoms with E-state index in [9.17, 15) is 4.79 Å². The van der Waals surface area contributed by atoms with Crippen molar-refractivity contribution < 1.29 is 9.53 Å². The van der Waals surface area contributed by atoms with Crippen LogP contribution < -0.4 is 10.1 Å². The van der Waals surface area contributed by atoms with Crippen molar-refractivity contribution in [3.8, 4) is 18.1 Å². The van der Waals surface area contributed by atoms with Gasteiger partial charge in [0.2, 0.25) is 5.91 Å². The van der Waals surface area contributed by atoms with Crippen LogP contribution in [0.4, 0.5) is 0 Å². The van der Waals surface area contributed by atoms with Crippen LogP contribution in [0.15, 0.2) is 24.3 Å². The Labute approximate surface area is 102 Å². The van der Waals surface area contributed by atoms with Gasteiger partial charge in [0.05, 0.1) is 19.1 Å². The lowest BCUT2D eigenvalue weighted by molar-refractivity contribution is -0.121. The number of ether oxygens (including phenoxy) is 1. The fourth-order valence-electron chi connectivity index (χ4n) is 1.36. The minimum atomic E-state index is -0.608. The maximum Gasteiger partial charge on any atom is 0.225 e. The molecule has 1 rings (SSSR count). The van der Waals surface area contributed by atoms with Crippen molar-refractivity contribution in [1.82, 2.24) is 5.32 Å². The zero-order valence-corrected chi connectivity index (χ0v) is 10.4. The summed E-state index contributed by atoms with van der Waals surface area (Å²) in [4.78, 5) is 11.7. The van der Waals surface area contributed by atoms with Crippen molar-refractivity contribution in [3.63, 3.8) is 0 Å². The van der Waals surface area contributed by atoms with Gasteiger partial charge in [0, 0.05) is 0 Å². The fourth-order valence-corrected chi connectivity index (χ4v) is 1.36. The normalized spacial score (nSPS) is 10.5. The topological polar surface area (TPSA) is 38.3 Å². The molecule has 0 fully saturated rings. The van der Waals surface area contributed by atoms with Crippen LogP contribution in [-0.2, 0) is 11.2 Å². The predicted molar refractivity (Wildman–Crippen MR) is 67.8 cm³/mol. The standard InChI is InChI=1S/C14H17NO2/c1-5-14(2,3)15-13(16)10-11-6-8-12(17-4)9-7-11/h1,6-9H,10H2,2-4H3,(H,15,16). The second kappa shape index (κ2) is 5.40. The van der Waals surface area contributed by atoms with E-state index in [1.807, 2.05) is 24.3 Å². The Bertz CT molecular complexity index is 427. The number of hydrogen-bond acceptors (Lipinski definition) is 2. The highest BCUT2D eigenvalue weighted by Crippen LogP contribution is 2.12. The molecule has 1 aromatic rings. The van der Waals surface area contributed by atoms with Crippen LogP contribution >= 0.6 is 0 Å². The third-order valence-corrected chi connectivity index (χ3v) is 2.34. The van der Waals surface area contributed by atoms with Crippen molar-refractivity contribution in [2.75, 3.05) is 7.11 Å². The minimum Gasteiger partial charge on any atom is -0.497 e. The van der Waals surface area contributed by atoms with Gasteiger partial charge >= 0.3 is 0 Å². The summed E-state index contributed by atoms with van der Waals surface area (Å²) in [6, 6.07) is 7.38. The van der Waals surface area contributed by atoms with Gasteiger partial charge < -0.3 is 10.1 Å². The number of rotatable bonds is 4. The van der Waals surface area contributed by atoms with Gasteiger partial charge in [-0.1, -0.05) is 18.1 Å². The van der Waals surface area contributed by atoms with E-state index in [0.29, 0.717) is 6.42 Å². The molecule has 3 heteroatoms. The van der Waals surface area contributed by atoms with Gasteiger partial charge in [-0.15, -0.1) is 6.42 Å². The van der Waals surface area contributed by atoms with Crippen molar-refractivity contribution in [3.05, 3.63) is 29.8 Å². The smallest absolute Gasteiger partial charge is 0.225 e. The van der Waals surface area contributed by atoms with E-state index in [4.69, 9.17) is 11.2 Å². The number of methoxy groups -OCH3 is 1. The van der Waals surface area contributed by atoms with Crippen LogP contribution in [0.25, 0.3) is 0 Å². The SMILES string of the molecule is C#CC(C)(C)NC(=O)Cc1ccc(OC)cc1. The number of terminal acetylenes is 1. The van der Waals surface area contributed by atoms with E-state index >= 15 is 0 Å². The molecule has 0 saturated heterocycles. The molecule has 0 saturated carbocycles. The highest BCUT2D eigenvalue weighted by molar-refractivity contribution is 5.79. The van der Waals surface area contributed by atoms with Crippen LogP contribution in [0.5, 0.6) is 5.75 Å². The summed E-state index contributed by atoms with van der Waals surface area (Å²) >= 11 is 0. The van der Waals surface area contributed by atoms with Crippen LogP contribution in [-0.4, -0.2) is 18.6 Å². The molecule has 0 heterocycles. The molecule has 0 aliphatic heterocycles. The summed E-state index contributed by atoms with van der Waals surface area (Å²) in [6.07, 6.45) is 5.62. The zero-order chi connectivity index (χ0) is 12.9. The fraction of sp³-hybridized carbons (Fsp3) is 0.357. The van der Waals surface area contributed by atoms with Crippen molar-refractivity contribution in [2.24, 2.45) is 0 Å². The maximum atomic E-state index is 11.7. The lowest BCUT2D eigenvalue weighted by Gasteiger charge is -2.19.